The van der Waals surface area contributed by atoms with Crippen LogP contribution in [0.2, 0.25) is 0 Å². The van der Waals surface area contributed by atoms with Crippen LogP contribution in [0.3, 0.4) is 0 Å². The molecule has 3 heterocycles. The standard InChI is InChI=1S/C26H27FN4O2/c1-16-24(15-33-29-16)26-22(14-23-21(17(2)32)12-19(27)13-25(23)28-26)18-4-6-20(7-5-18)31-10-8-30(3)9-11-31/h4-7,12-15,17,32H,8-11H2,1-3H3. The van der Waals surface area contributed by atoms with Crippen LogP contribution in [-0.4, -0.2) is 53.4 Å². The zero-order chi connectivity index (χ0) is 23.1. The Morgan fingerprint density at radius 3 is 2.39 bits per heavy atom. The number of hydrogen-bond donors (Lipinski definition) is 1. The van der Waals surface area contributed by atoms with Gasteiger partial charge < -0.3 is 19.4 Å². The fraction of sp³-hybridized carbons (Fsp3) is 0.308. The van der Waals surface area contributed by atoms with Crippen molar-refractivity contribution in [2.24, 2.45) is 0 Å². The van der Waals surface area contributed by atoms with E-state index in [1.54, 1.807) is 13.2 Å². The quantitative estimate of drug-likeness (QED) is 0.485. The van der Waals surface area contributed by atoms with Crippen molar-refractivity contribution in [3.8, 4) is 22.4 Å². The lowest BCUT2D eigenvalue weighted by molar-refractivity contribution is 0.200. The highest BCUT2D eigenvalue weighted by molar-refractivity contribution is 5.93. The van der Waals surface area contributed by atoms with Crippen molar-refractivity contribution < 1.29 is 14.0 Å². The molecule has 7 heteroatoms. The molecule has 1 saturated heterocycles. The van der Waals surface area contributed by atoms with E-state index >= 15 is 0 Å². The third-order valence-electron chi connectivity index (χ3n) is 6.43. The van der Waals surface area contributed by atoms with Gasteiger partial charge in [-0.2, -0.15) is 0 Å². The molecule has 0 amide bonds. The van der Waals surface area contributed by atoms with Gasteiger partial charge in [0.2, 0.25) is 0 Å². The summed E-state index contributed by atoms with van der Waals surface area (Å²) in [5, 5.41) is 15.0. The van der Waals surface area contributed by atoms with Gasteiger partial charge >= 0.3 is 0 Å². The predicted molar refractivity (Wildman–Crippen MR) is 128 cm³/mol. The van der Waals surface area contributed by atoms with Crippen molar-refractivity contribution in [2.75, 3.05) is 38.1 Å². The summed E-state index contributed by atoms with van der Waals surface area (Å²) in [4.78, 5) is 9.54. The van der Waals surface area contributed by atoms with Crippen LogP contribution >= 0.6 is 0 Å². The topological polar surface area (TPSA) is 65.6 Å². The summed E-state index contributed by atoms with van der Waals surface area (Å²) in [5.74, 6) is -0.428. The maximum absolute atomic E-state index is 14.3. The Bertz CT molecular complexity index is 1290. The molecule has 1 fully saturated rings. The first kappa shape index (κ1) is 21.6. The number of aliphatic hydroxyl groups excluding tert-OH is 1. The Labute approximate surface area is 192 Å². The summed E-state index contributed by atoms with van der Waals surface area (Å²) < 4.78 is 19.5. The van der Waals surface area contributed by atoms with E-state index in [4.69, 9.17) is 9.51 Å². The maximum Gasteiger partial charge on any atom is 0.133 e. The number of aromatic nitrogens is 2. The Morgan fingerprint density at radius 1 is 1.03 bits per heavy atom. The minimum Gasteiger partial charge on any atom is -0.389 e. The average Bonchev–Trinajstić information content (AvgIpc) is 3.24. The van der Waals surface area contributed by atoms with Crippen LogP contribution in [0.5, 0.6) is 0 Å². The number of halogens is 1. The summed E-state index contributed by atoms with van der Waals surface area (Å²) >= 11 is 0. The number of pyridine rings is 1. The maximum atomic E-state index is 14.3. The lowest BCUT2D eigenvalue weighted by atomic mass is 9.95. The van der Waals surface area contributed by atoms with Crippen LogP contribution in [0, 0.1) is 12.7 Å². The number of rotatable bonds is 4. The molecule has 1 aliphatic heterocycles. The smallest absolute Gasteiger partial charge is 0.133 e. The monoisotopic (exact) mass is 446 g/mol. The van der Waals surface area contributed by atoms with Gasteiger partial charge in [-0.1, -0.05) is 17.3 Å². The predicted octanol–water partition coefficient (Wildman–Crippen LogP) is 4.81. The second kappa shape index (κ2) is 8.57. The molecule has 1 N–H and O–H groups in total. The first-order valence-electron chi connectivity index (χ1n) is 11.2. The largest absolute Gasteiger partial charge is 0.389 e. The normalized spacial score (nSPS) is 15.8. The third-order valence-corrected chi connectivity index (χ3v) is 6.43. The van der Waals surface area contributed by atoms with Crippen molar-refractivity contribution in [2.45, 2.75) is 20.0 Å². The van der Waals surface area contributed by atoms with Crippen molar-refractivity contribution in [1.29, 1.82) is 0 Å². The van der Waals surface area contributed by atoms with E-state index in [0.29, 0.717) is 22.5 Å². The van der Waals surface area contributed by atoms with Gasteiger partial charge in [-0.05, 0) is 56.3 Å². The van der Waals surface area contributed by atoms with Crippen LogP contribution in [-0.2, 0) is 0 Å². The number of anilines is 1. The molecule has 2 aromatic heterocycles. The zero-order valence-corrected chi connectivity index (χ0v) is 19.0. The molecule has 5 rings (SSSR count). The molecule has 1 unspecified atom stereocenters. The second-order valence-electron chi connectivity index (χ2n) is 8.77. The fourth-order valence-electron chi connectivity index (χ4n) is 4.47. The molecular weight excluding hydrogens is 419 g/mol. The summed E-state index contributed by atoms with van der Waals surface area (Å²) in [6, 6.07) is 13.2. The van der Waals surface area contributed by atoms with E-state index in [-0.39, 0.29) is 0 Å². The van der Waals surface area contributed by atoms with Gasteiger partial charge in [-0.3, -0.25) is 0 Å². The molecule has 0 spiro atoms. The number of piperazine rings is 1. The summed E-state index contributed by atoms with van der Waals surface area (Å²) in [7, 11) is 2.15. The second-order valence-corrected chi connectivity index (χ2v) is 8.77. The zero-order valence-electron chi connectivity index (χ0n) is 19.0. The Hall–Kier alpha value is -3.29. The van der Waals surface area contributed by atoms with Crippen LogP contribution in [0.15, 0.2) is 53.3 Å². The Morgan fingerprint density at radius 2 is 1.76 bits per heavy atom. The average molecular weight is 447 g/mol. The van der Waals surface area contributed by atoms with E-state index in [9.17, 15) is 9.50 Å². The third kappa shape index (κ3) is 4.10. The highest BCUT2D eigenvalue weighted by Crippen LogP contribution is 2.37. The van der Waals surface area contributed by atoms with Gasteiger partial charge in [0.25, 0.3) is 0 Å². The number of likely N-dealkylation sites (N-methyl/N-ethyl adjacent to an activating group) is 1. The summed E-state index contributed by atoms with van der Waals surface area (Å²) in [5.41, 5.74) is 6.21. The van der Waals surface area contributed by atoms with Gasteiger partial charge in [-0.15, -0.1) is 0 Å². The highest BCUT2D eigenvalue weighted by atomic mass is 19.1. The summed E-state index contributed by atoms with van der Waals surface area (Å²) in [6.45, 7) is 7.59. The number of aryl methyl sites for hydroxylation is 1. The molecule has 170 valence electrons. The van der Waals surface area contributed by atoms with E-state index < -0.39 is 11.9 Å². The minimum absolute atomic E-state index is 0.428. The van der Waals surface area contributed by atoms with Crippen molar-refractivity contribution in [3.63, 3.8) is 0 Å². The summed E-state index contributed by atoms with van der Waals surface area (Å²) in [6.07, 6.45) is 0.751. The molecular formula is C26H27FN4O2. The molecule has 1 atom stereocenters. The fourth-order valence-corrected chi connectivity index (χ4v) is 4.47. The van der Waals surface area contributed by atoms with Crippen LogP contribution in [0.4, 0.5) is 10.1 Å². The number of fused-ring (bicyclic) bond motifs is 1. The van der Waals surface area contributed by atoms with Gasteiger partial charge in [0, 0.05) is 48.9 Å². The molecule has 1 aliphatic rings. The van der Waals surface area contributed by atoms with E-state index in [1.165, 1.54) is 17.8 Å². The van der Waals surface area contributed by atoms with Gasteiger partial charge in [-0.25, -0.2) is 9.37 Å². The molecule has 0 radical (unpaired) electrons. The van der Waals surface area contributed by atoms with Gasteiger partial charge in [0.1, 0.15) is 12.1 Å². The Kier molecular flexibility index (Phi) is 5.60. The molecule has 33 heavy (non-hydrogen) atoms. The van der Waals surface area contributed by atoms with Crippen molar-refractivity contribution in [3.05, 3.63) is 65.8 Å². The van der Waals surface area contributed by atoms with E-state index in [1.807, 2.05) is 13.0 Å². The minimum atomic E-state index is -0.819. The van der Waals surface area contributed by atoms with Crippen LogP contribution in [0.25, 0.3) is 33.3 Å². The molecule has 0 aliphatic carbocycles. The van der Waals surface area contributed by atoms with Crippen LogP contribution < -0.4 is 4.90 Å². The first-order valence-corrected chi connectivity index (χ1v) is 11.2. The van der Waals surface area contributed by atoms with Crippen molar-refractivity contribution >= 4 is 16.6 Å². The number of aliphatic hydroxyl groups is 1. The Balaban J connectivity index is 1.65. The number of benzene rings is 2. The molecule has 6 nitrogen and oxygen atoms in total. The number of hydrogen-bond acceptors (Lipinski definition) is 6. The van der Waals surface area contributed by atoms with E-state index in [2.05, 4.69) is 46.3 Å². The lowest BCUT2D eigenvalue weighted by Gasteiger charge is -2.34. The molecule has 4 aromatic rings. The number of nitrogens with zero attached hydrogens (tertiary/aromatic N) is 4. The van der Waals surface area contributed by atoms with Gasteiger partial charge in [0.15, 0.2) is 0 Å². The van der Waals surface area contributed by atoms with Crippen LogP contribution in [0.1, 0.15) is 24.3 Å². The molecule has 0 saturated carbocycles. The first-order chi connectivity index (χ1) is 15.9. The van der Waals surface area contributed by atoms with Crippen molar-refractivity contribution in [1.82, 2.24) is 15.0 Å². The molecule has 0 bridgehead atoms. The van der Waals surface area contributed by atoms with E-state index in [0.717, 1.165) is 48.3 Å². The van der Waals surface area contributed by atoms with Gasteiger partial charge in [0.05, 0.1) is 28.6 Å². The molecule has 2 aromatic carbocycles. The SMILES string of the molecule is Cc1nocc1-c1nc2cc(F)cc(C(C)O)c2cc1-c1ccc(N2CCN(C)CC2)cc1. The highest BCUT2D eigenvalue weighted by Gasteiger charge is 2.20. The lowest BCUT2D eigenvalue weighted by Crippen LogP contribution is -2.44.